The molecule has 1 unspecified atom stereocenters. The Morgan fingerprint density at radius 1 is 1.13 bits per heavy atom. The zero-order chi connectivity index (χ0) is 28.8. The van der Waals surface area contributed by atoms with Crippen LogP contribution in [0.15, 0.2) is 29.9 Å². The van der Waals surface area contributed by atoms with Gasteiger partial charge in [-0.2, -0.15) is 8.78 Å². The average Bonchev–Trinajstić information content (AvgIpc) is 3.50. The fraction of sp³-hybridized carbons (Fsp3) is 0.480. The summed E-state index contributed by atoms with van der Waals surface area (Å²) >= 11 is 12.7. The van der Waals surface area contributed by atoms with Crippen LogP contribution in [0, 0.1) is 17.3 Å². The molecule has 0 radical (unpaired) electrons. The zero-order valence-corrected chi connectivity index (χ0v) is 23.6. The third-order valence-electron chi connectivity index (χ3n) is 6.81. The van der Waals surface area contributed by atoms with E-state index in [1.165, 1.54) is 16.6 Å². The number of ether oxygens (including phenoxy) is 1. The number of carbonyl (C=O) groups excluding carboxylic acids is 4. The summed E-state index contributed by atoms with van der Waals surface area (Å²) in [6, 6.07) is 2.95. The van der Waals surface area contributed by atoms with Crippen molar-refractivity contribution >= 4 is 58.2 Å². The number of rotatable bonds is 5. The standard InChI is InChI=1S/C25H26Cl2F2N4O5S/c1-23(2,3)38-21(36)13-7-24(8-13)11-33(20(35)18-9-30-12-39-18)10-15(24)19(34)31-32-22(37)25(28,29)14-4-5-16(26)17(27)6-14/h4-6,9,12-13,15H,7-8,10-11H2,1-3H3,(H,31,34)(H,32,37). The van der Waals surface area contributed by atoms with Gasteiger partial charge in [0.1, 0.15) is 10.5 Å². The minimum atomic E-state index is -4.03. The van der Waals surface area contributed by atoms with Crippen LogP contribution >= 0.6 is 34.5 Å². The van der Waals surface area contributed by atoms with Gasteiger partial charge in [-0.15, -0.1) is 11.3 Å². The molecule has 1 aromatic carbocycles. The molecule has 1 aliphatic heterocycles. The van der Waals surface area contributed by atoms with Crippen molar-refractivity contribution in [2.75, 3.05) is 13.1 Å². The maximum absolute atomic E-state index is 14.7. The second kappa shape index (κ2) is 10.6. The Morgan fingerprint density at radius 3 is 2.41 bits per heavy atom. The SMILES string of the molecule is CC(C)(C)OC(=O)C1CC2(C1)CN(C(=O)c1cncs1)CC2C(=O)NNC(=O)C(F)(F)c1ccc(Cl)c(Cl)c1. The highest BCUT2D eigenvalue weighted by molar-refractivity contribution is 7.11. The molecule has 1 atom stereocenters. The minimum Gasteiger partial charge on any atom is -0.460 e. The van der Waals surface area contributed by atoms with Gasteiger partial charge in [0, 0.05) is 24.1 Å². The average molecular weight is 603 g/mol. The lowest BCUT2D eigenvalue weighted by molar-refractivity contribution is -0.170. The zero-order valence-electron chi connectivity index (χ0n) is 21.2. The number of nitrogens with one attached hydrogen (secondary N) is 2. The number of carbonyl (C=O) groups is 4. The van der Waals surface area contributed by atoms with Crippen LogP contribution in [-0.4, -0.2) is 52.3 Å². The molecule has 2 fully saturated rings. The fourth-order valence-corrected chi connectivity index (χ4v) is 5.84. The molecule has 1 spiro atoms. The molecule has 2 N–H and O–H groups in total. The lowest BCUT2D eigenvalue weighted by Crippen LogP contribution is -2.55. The van der Waals surface area contributed by atoms with Crippen LogP contribution in [-0.2, 0) is 25.0 Å². The van der Waals surface area contributed by atoms with E-state index in [2.05, 4.69) is 10.4 Å². The lowest BCUT2D eigenvalue weighted by atomic mass is 9.57. The topological polar surface area (TPSA) is 118 Å². The quantitative estimate of drug-likeness (QED) is 0.391. The van der Waals surface area contributed by atoms with Crippen LogP contribution in [0.3, 0.4) is 0 Å². The van der Waals surface area contributed by atoms with Gasteiger partial charge in [0.25, 0.3) is 5.91 Å². The van der Waals surface area contributed by atoms with Crippen molar-refractivity contribution in [3.05, 3.63) is 50.4 Å². The Morgan fingerprint density at radius 2 is 1.82 bits per heavy atom. The van der Waals surface area contributed by atoms with E-state index in [1.807, 2.05) is 0 Å². The Bertz CT molecular complexity index is 1300. The van der Waals surface area contributed by atoms with Gasteiger partial charge in [-0.25, -0.2) is 0 Å². The molecule has 0 bridgehead atoms. The van der Waals surface area contributed by atoms with Gasteiger partial charge in [0.05, 0.1) is 33.6 Å². The van der Waals surface area contributed by atoms with E-state index in [9.17, 15) is 28.0 Å². The molecule has 1 saturated heterocycles. The van der Waals surface area contributed by atoms with Gasteiger partial charge in [-0.1, -0.05) is 29.3 Å². The minimum absolute atomic E-state index is 0.0251. The fourth-order valence-electron chi connectivity index (χ4n) is 4.96. The summed E-state index contributed by atoms with van der Waals surface area (Å²) in [6.07, 6.45) is 1.95. The van der Waals surface area contributed by atoms with Gasteiger partial charge >= 0.3 is 17.8 Å². The second-order valence-electron chi connectivity index (χ2n) is 10.8. The summed E-state index contributed by atoms with van der Waals surface area (Å²) in [5.41, 5.74) is 3.19. The molecular formula is C25H26Cl2F2N4O5S. The molecule has 2 aromatic rings. The van der Waals surface area contributed by atoms with E-state index in [4.69, 9.17) is 27.9 Å². The van der Waals surface area contributed by atoms with E-state index in [0.29, 0.717) is 4.88 Å². The van der Waals surface area contributed by atoms with Crippen molar-refractivity contribution in [1.29, 1.82) is 0 Å². The van der Waals surface area contributed by atoms with Gasteiger partial charge in [-0.3, -0.25) is 35.0 Å². The molecule has 210 valence electrons. The normalized spacial score (nSPS) is 22.8. The number of hydrogen-bond donors (Lipinski definition) is 2. The second-order valence-corrected chi connectivity index (χ2v) is 12.5. The van der Waals surface area contributed by atoms with E-state index >= 15 is 0 Å². The lowest BCUT2D eigenvalue weighted by Gasteiger charge is -2.47. The van der Waals surface area contributed by atoms with Crippen LogP contribution in [0.2, 0.25) is 10.0 Å². The summed E-state index contributed by atoms with van der Waals surface area (Å²) in [6.45, 7) is 5.39. The largest absolute Gasteiger partial charge is 0.460 e. The monoisotopic (exact) mass is 602 g/mol. The number of aromatic nitrogens is 1. The molecule has 14 heteroatoms. The molecule has 39 heavy (non-hydrogen) atoms. The first-order valence-electron chi connectivity index (χ1n) is 12.0. The number of benzene rings is 1. The van der Waals surface area contributed by atoms with Crippen molar-refractivity contribution in [2.45, 2.75) is 45.1 Å². The Balaban J connectivity index is 1.47. The molecular weight excluding hydrogens is 577 g/mol. The third-order valence-corrected chi connectivity index (χ3v) is 8.31. The summed E-state index contributed by atoms with van der Waals surface area (Å²) in [7, 11) is 0. The number of hydrogen-bond acceptors (Lipinski definition) is 7. The summed E-state index contributed by atoms with van der Waals surface area (Å²) < 4.78 is 35.0. The van der Waals surface area contributed by atoms with Crippen molar-refractivity contribution < 1.29 is 32.7 Å². The van der Waals surface area contributed by atoms with Crippen molar-refractivity contribution in [3.8, 4) is 0 Å². The Hall–Kier alpha value is -2.83. The maximum atomic E-state index is 14.7. The summed E-state index contributed by atoms with van der Waals surface area (Å²) in [5, 5.41) is -0.118. The molecule has 2 aliphatic rings. The van der Waals surface area contributed by atoms with Crippen LogP contribution in [0.5, 0.6) is 0 Å². The van der Waals surface area contributed by atoms with E-state index < -0.39 is 52.1 Å². The highest BCUT2D eigenvalue weighted by Gasteiger charge is 2.60. The summed E-state index contributed by atoms with van der Waals surface area (Å²) in [4.78, 5) is 56.9. The first-order chi connectivity index (χ1) is 18.1. The van der Waals surface area contributed by atoms with Gasteiger partial charge in [0.15, 0.2) is 0 Å². The van der Waals surface area contributed by atoms with Crippen LogP contribution in [0.25, 0.3) is 0 Å². The Labute approximate surface area is 237 Å². The van der Waals surface area contributed by atoms with Gasteiger partial charge < -0.3 is 9.64 Å². The molecule has 1 saturated carbocycles. The number of amides is 3. The number of esters is 1. The Kier molecular flexibility index (Phi) is 7.94. The van der Waals surface area contributed by atoms with Crippen molar-refractivity contribution in [1.82, 2.24) is 20.7 Å². The number of likely N-dealkylation sites (tertiary alicyclic amines) is 1. The smallest absolute Gasteiger partial charge is 0.351 e. The van der Waals surface area contributed by atoms with E-state index in [1.54, 1.807) is 26.2 Å². The molecule has 9 nitrogen and oxygen atoms in total. The number of halogens is 4. The first-order valence-corrected chi connectivity index (χ1v) is 13.6. The van der Waals surface area contributed by atoms with Gasteiger partial charge in [0.2, 0.25) is 5.91 Å². The summed E-state index contributed by atoms with van der Waals surface area (Å²) in [5.74, 6) is -8.65. The number of hydrazine groups is 1. The molecule has 3 amide bonds. The van der Waals surface area contributed by atoms with Crippen LogP contribution < -0.4 is 10.9 Å². The first kappa shape index (κ1) is 29.2. The predicted molar refractivity (Wildman–Crippen MR) is 139 cm³/mol. The highest BCUT2D eigenvalue weighted by atomic mass is 35.5. The van der Waals surface area contributed by atoms with Gasteiger partial charge in [-0.05, 0) is 45.7 Å². The number of thiazole rings is 1. The molecule has 2 heterocycles. The number of alkyl halides is 2. The third kappa shape index (κ3) is 6.02. The van der Waals surface area contributed by atoms with Crippen LogP contribution in [0.1, 0.15) is 48.8 Å². The van der Waals surface area contributed by atoms with Crippen molar-refractivity contribution in [2.24, 2.45) is 17.3 Å². The van der Waals surface area contributed by atoms with Crippen molar-refractivity contribution in [3.63, 3.8) is 0 Å². The highest BCUT2D eigenvalue weighted by Crippen LogP contribution is 2.55. The van der Waals surface area contributed by atoms with Crippen LogP contribution in [0.4, 0.5) is 8.78 Å². The molecule has 1 aliphatic carbocycles. The predicted octanol–water partition coefficient (Wildman–Crippen LogP) is 4.20. The maximum Gasteiger partial charge on any atom is 0.351 e. The van der Waals surface area contributed by atoms with E-state index in [-0.39, 0.29) is 41.9 Å². The number of nitrogens with zero attached hydrogens (tertiary/aromatic N) is 2. The molecule has 1 aromatic heterocycles. The van der Waals surface area contributed by atoms with E-state index in [0.717, 1.165) is 29.5 Å². The molecule has 4 rings (SSSR count).